The molecular formula is C16H25N3O. The maximum Gasteiger partial charge on any atom is 0.122 e. The summed E-state index contributed by atoms with van der Waals surface area (Å²) in [4.78, 5) is 2.50. The van der Waals surface area contributed by atoms with Crippen LogP contribution in [-0.4, -0.2) is 37.0 Å². The van der Waals surface area contributed by atoms with E-state index in [9.17, 15) is 0 Å². The van der Waals surface area contributed by atoms with E-state index in [1.165, 1.54) is 32.4 Å². The fourth-order valence-electron chi connectivity index (χ4n) is 2.71. The van der Waals surface area contributed by atoms with Crippen molar-refractivity contribution in [2.75, 3.05) is 26.2 Å². The Balaban J connectivity index is 1.74. The maximum atomic E-state index is 7.35. The lowest BCUT2D eigenvalue weighted by Crippen LogP contribution is -2.37. The van der Waals surface area contributed by atoms with Crippen molar-refractivity contribution in [3.8, 4) is 5.75 Å². The molecule has 4 nitrogen and oxygen atoms in total. The van der Waals surface area contributed by atoms with E-state index >= 15 is 0 Å². The van der Waals surface area contributed by atoms with Crippen molar-refractivity contribution in [3.63, 3.8) is 0 Å². The predicted octanol–water partition coefficient (Wildman–Crippen LogP) is 2.47. The van der Waals surface area contributed by atoms with Gasteiger partial charge in [0.2, 0.25) is 0 Å². The number of ether oxygens (including phenoxy) is 1. The fraction of sp³-hybridized carbons (Fsp3) is 0.562. The summed E-state index contributed by atoms with van der Waals surface area (Å²) < 4.78 is 5.76. The SMILES string of the molecule is CCC1CCCN(CCOc2ccc(C(=N)N)cc2)C1. The van der Waals surface area contributed by atoms with Gasteiger partial charge in [0.05, 0.1) is 0 Å². The summed E-state index contributed by atoms with van der Waals surface area (Å²) in [6, 6.07) is 7.40. The average Bonchev–Trinajstić information content (AvgIpc) is 2.48. The van der Waals surface area contributed by atoms with Gasteiger partial charge in [-0.3, -0.25) is 10.3 Å². The molecule has 0 aliphatic carbocycles. The first-order valence-corrected chi connectivity index (χ1v) is 7.48. The highest BCUT2D eigenvalue weighted by molar-refractivity contribution is 5.94. The van der Waals surface area contributed by atoms with Crippen LogP contribution in [0.2, 0.25) is 0 Å². The van der Waals surface area contributed by atoms with Crippen LogP contribution in [0, 0.1) is 11.3 Å². The number of nitrogens with two attached hydrogens (primary N) is 1. The van der Waals surface area contributed by atoms with Crippen LogP contribution in [0.3, 0.4) is 0 Å². The van der Waals surface area contributed by atoms with Crippen LogP contribution in [-0.2, 0) is 0 Å². The minimum Gasteiger partial charge on any atom is -0.492 e. The van der Waals surface area contributed by atoms with Gasteiger partial charge >= 0.3 is 0 Å². The molecule has 2 rings (SSSR count). The van der Waals surface area contributed by atoms with E-state index in [2.05, 4.69) is 11.8 Å². The third-order valence-electron chi connectivity index (χ3n) is 4.02. The molecule has 0 radical (unpaired) electrons. The minimum atomic E-state index is 0.0930. The smallest absolute Gasteiger partial charge is 0.122 e. The lowest BCUT2D eigenvalue weighted by atomic mass is 9.96. The van der Waals surface area contributed by atoms with E-state index in [0.717, 1.165) is 30.4 Å². The van der Waals surface area contributed by atoms with Crippen molar-refractivity contribution in [2.45, 2.75) is 26.2 Å². The molecule has 0 spiro atoms. The first kappa shape index (κ1) is 14.9. The minimum absolute atomic E-state index is 0.0930. The molecule has 20 heavy (non-hydrogen) atoms. The van der Waals surface area contributed by atoms with E-state index in [1.54, 1.807) is 0 Å². The first-order chi connectivity index (χ1) is 9.69. The van der Waals surface area contributed by atoms with Crippen LogP contribution in [0.25, 0.3) is 0 Å². The second-order valence-corrected chi connectivity index (χ2v) is 5.50. The standard InChI is InChI=1S/C16H25N3O/c1-2-13-4-3-9-19(12-13)10-11-20-15-7-5-14(6-8-15)16(17)18/h5-8,13H,2-4,9-12H2,1H3,(H3,17,18). The summed E-state index contributed by atoms with van der Waals surface area (Å²) in [5, 5.41) is 7.35. The lowest BCUT2D eigenvalue weighted by Gasteiger charge is -2.32. The van der Waals surface area contributed by atoms with Crippen molar-refractivity contribution in [2.24, 2.45) is 11.7 Å². The molecule has 1 unspecified atom stereocenters. The highest BCUT2D eigenvalue weighted by Gasteiger charge is 2.17. The van der Waals surface area contributed by atoms with Gasteiger partial charge in [-0.05, 0) is 49.6 Å². The molecule has 0 saturated carbocycles. The summed E-state index contributed by atoms with van der Waals surface area (Å²) in [6.07, 6.45) is 3.97. The zero-order valence-electron chi connectivity index (χ0n) is 12.3. The number of nitrogens with one attached hydrogen (secondary N) is 1. The number of benzene rings is 1. The molecular weight excluding hydrogens is 250 g/mol. The van der Waals surface area contributed by atoms with Gasteiger partial charge in [-0.15, -0.1) is 0 Å². The van der Waals surface area contributed by atoms with Gasteiger partial charge in [-0.25, -0.2) is 0 Å². The molecule has 1 fully saturated rings. The van der Waals surface area contributed by atoms with Crippen LogP contribution >= 0.6 is 0 Å². The number of nitrogen functional groups attached to an aromatic ring is 1. The molecule has 1 aromatic carbocycles. The Kier molecular flexibility index (Phi) is 5.41. The molecule has 1 saturated heterocycles. The van der Waals surface area contributed by atoms with Gasteiger partial charge in [0.1, 0.15) is 18.2 Å². The second-order valence-electron chi connectivity index (χ2n) is 5.50. The Hall–Kier alpha value is -1.55. The van der Waals surface area contributed by atoms with E-state index < -0.39 is 0 Å². The van der Waals surface area contributed by atoms with Gasteiger partial charge < -0.3 is 10.5 Å². The Labute approximate surface area is 121 Å². The van der Waals surface area contributed by atoms with Crippen LogP contribution in [0.15, 0.2) is 24.3 Å². The molecule has 1 heterocycles. The monoisotopic (exact) mass is 275 g/mol. The summed E-state index contributed by atoms with van der Waals surface area (Å²) >= 11 is 0. The molecule has 0 amide bonds. The van der Waals surface area contributed by atoms with E-state index in [4.69, 9.17) is 15.9 Å². The molecule has 110 valence electrons. The number of hydrogen-bond donors (Lipinski definition) is 2. The average molecular weight is 275 g/mol. The van der Waals surface area contributed by atoms with E-state index in [-0.39, 0.29) is 5.84 Å². The van der Waals surface area contributed by atoms with Crippen molar-refractivity contribution in [3.05, 3.63) is 29.8 Å². The van der Waals surface area contributed by atoms with Crippen molar-refractivity contribution in [1.82, 2.24) is 4.90 Å². The Morgan fingerprint density at radius 1 is 1.40 bits per heavy atom. The molecule has 1 aliphatic rings. The molecule has 0 bridgehead atoms. The number of rotatable bonds is 6. The summed E-state index contributed by atoms with van der Waals surface area (Å²) in [7, 11) is 0. The number of nitrogens with zero attached hydrogens (tertiary/aromatic N) is 1. The fourth-order valence-corrected chi connectivity index (χ4v) is 2.71. The highest BCUT2D eigenvalue weighted by atomic mass is 16.5. The van der Waals surface area contributed by atoms with Gasteiger partial charge in [-0.1, -0.05) is 13.3 Å². The quantitative estimate of drug-likeness (QED) is 0.619. The highest BCUT2D eigenvalue weighted by Crippen LogP contribution is 2.19. The van der Waals surface area contributed by atoms with Crippen LogP contribution in [0.1, 0.15) is 31.7 Å². The molecule has 1 aromatic rings. The second kappa shape index (κ2) is 7.29. The number of amidine groups is 1. The van der Waals surface area contributed by atoms with Gasteiger partial charge in [-0.2, -0.15) is 0 Å². The number of likely N-dealkylation sites (tertiary alicyclic amines) is 1. The predicted molar refractivity (Wildman–Crippen MR) is 82.4 cm³/mol. The first-order valence-electron chi connectivity index (χ1n) is 7.48. The van der Waals surface area contributed by atoms with Crippen LogP contribution in [0.5, 0.6) is 5.75 Å². The van der Waals surface area contributed by atoms with Crippen molar-refractivity contribution < 1.29 is 4.74 Å². The molecule has 0 aromatic heterocycles. The van der Waals surface area contributed by atoms with E-state index in [1.807, 2.05) is 24.3 Å². The third kappa shape index (κ3) is 4.23. The number of hydrogen-bond acceptors (Lipinski definition) is 3. The van der Waals surface area contributed by atoms with Gasteiger partial charge in [0.25, 0.3) is 0 Å². The normalized spacial score (nSPS) is 19.8. The molecule has 4 heteroatoms. The zero-order valence-corrected chi connectivity index (χ0v) is 12.3. The Morgan fingerprint density at radius 3 is 2.80 bits per heavy atom. The molecule has 1 atom stereocenters. The van der Waals surface area contributed by atoms with E-state index in [0.29, 0.717) is 0 Å². The van der Waals surface area contributed by atoms with Crippen LogP contribution in [0.4, 0.5) is 0 Å². The van der Waals surface area contributed by atoms with Crippen molar-refractivity contribution >= 4 is 5.84 Å². The topological polar surface area (TPSA) is 62.3 Å². The van der Waals surface area contributed by atoms with Gasteiger partial charge in [0.15, 0.2) is 0 Å². The largest absolute Gasteiger partial charge is 0.492 e. The molecule has 1 aliphatic heterocycles. The van der Waals surface area contributed by atoms with Crippen LogP contribution < -0.4 is 10.5 Å². The van der Waals surface area contributed by atoms with Gasteiger partial charge in [0, 0.05) is 18.7 Å². The summed E-state index contributed by atoms with van der Waals surface area (Å²) in [6.45, 7) is 6.40. The summed E-state index contributed by atoms with van der Waals surface area (Å²) in [5.41, 5.74) is 6.16. The van der Waals surface area contributed by atoms with Crippen molar-refractivity contribution in [1.29, 1.82) is 5.41 Å². The summed E-state index contributed by atoms with van der Waals surface area (Å²) in [5.74, 6) is 1.80. The molecule has 3 N–H and O–H groups in total. The Bertz CT molecular complexity index is 430. The maximum absolute atomic E-state index is 7.35. The zero-order chi connectivity index (χ0) is 14.4. The lowest BCUT2D eigenvalue weighted by molar-refractivity contribution is 0.145. The Morgan fingerprint density at radius 2 is 2.15 bits per heavy atom. The number of piperidine rings is 1. The third-order valence-corrected chi connectivity index (χ3v) is 4.02.